The van der Waals surface area contributed by atoms with E-state index in [0.29, 0.717) is 23.4 Å². The highest BCUT2D eigenvalue weighted by atomic mass is 32.2. The first-order chi connectivity index (χ1) is 26.9. The van der Waals surface area contributed by atoms with Gasteiger partial charge >= 0.3 is 0 Å². The standard InChI is InChI=1S/C44H49N3O8S/c1-29-15-21-38(22-16-29)56(52,53)46-39(23-31-9-5-4-6-10-31)43(51)45-36-13-7-12-35(24-36)44-54-41(27-47(3)26-40(50)34-11-8-14-37(49)25-34)30(2)42(55-44)33-19-17-32(28-48)18-20-33/h4-22,24-25,30,39-42,44,46,48-50H,23,26-28H2,1-3H3,(H,45,51)/t30-,39-,40-,41+,42+,44+/m1/s1. The summed E-state index contributed by atoms with van der Waals surface area (Å²) in [6.07, 6.45) is -2.33. The Morgan fingerprint density at radius 3 is 2.25 bits per heavy atom. The summed E-state index contributed by atoms with van der Waals surface area (Å²) in [5, 5.41) is 33.5. The smallest absolute Gasteiger partial charge is 0.242 e. The quantitative estimate of drug-likeness (QED) is 0.0838. The summed E-state index contributed by atoms with van der Waals surface area (Å²) >= 11 is 0. The Morgan fingerprint density at radius 1 is 0.839 bits per heavy atom. The molecule has 5 aromatic carbocycles. The van der Waals surface area contributed by atoms with E-state index in [1.165, 1.54) is 12.1 Å². The zero-order chi connectivity index (χ0) is 39.8. The van der Waals surface area contributed by atoms with Crippen molar-refractivity contribution in [1.82, 2.24) is 9.62 Å². The summed E-state index contributed by atoms with van der Waals surface area (Å²) in [6.45, 7) is 4.57. The van der Waals surface area contributed by atoms with Gasteiger partial charge in [-0.1, -0.05) is 103 Å². The minimum absolute atomic E-state index is 0.0615. The zero-order valence-corrected chi connectivity index (χ0v) is 32.5. The van der Waals surface area contributed by atoms with Crippen LogP contribution in [0.2, 0.25) is 0 Å². The largest absolute Gasteiger partial charge is 0.508 e. The van der Waals surface area contributed by atoms with Crippen LogP contribution in [0.5, 0.6) is 5.75 Å². The van der Waals surface area contributed by atoms with Crippen molar-refractivity contribution in [1.29, 1.82) is 0 Å². The number of phenols is 1. The molecule has 0 radical (unpaired) electrons. The number of aliphatic hydroxyl groups excluding tert-OH is 2. The van der Waals surface area contributed by atoms with Crippen molar-refractivity contribution in [2.24, 2.45) is 5.92 Å². The molecule has 1 aliphatic rings. The lowest BCUT2D eigenvalue weighted by Gasteiger charge is -2.42. The molecule has 11 nitrogen and oxygen atoms in total. The van der Waals surface area contributed by atoms with Gasteiger partial charge in [-0.2, -0.15) is 4.72 Å². The number of hydrogen-bond donors (Lipinski definition) is 5. The van der Waals surface area contributed by atoms with Gasteiger partial charge in [-0.3, -0.25) is 4.79 Å². The number of ether oxygens (including phenoxy) is 2. The molecule has 1 saturated heterocycles. The van der Waals surface area contributed by atoms with Crippen LogP contribution in [-0.4, -0.2) is 66.8 Å². The van der Waals surface area contributed by atoms with Crippen molar-refractivity contribution in [3.05, 3.63) is 161 Å². The van der Waals surface area contributed by atoms with Gasteiger partial charge in [-0.25, -0.2) is 8.42 Å². The van der Waals surface area contributed by atoms with Gasteiger partial charge in [-0.15, -0.1) is 0 Å². The Kier molecular flexibility index (Phi) is 13.3. The zero-order valence-electron chi connectivity index (χ0n) is 31.7. The molecule has 0 aliphatic carbocycles. The van der Waals surface area contributed by atoms with Crippen LogP contribution in [0.1, 0.15) is 58.8 Å². The molecule has 0 saturated carbocycles. The van der Waals surface area contributed by atoms with Crippen LogP contribution in [0.3, 0.4) is 0 Å². The average molecular weight is 780 g/mol. The highest BCUT2D eigenvalue weighted by Gasteiger charge is 2.39. The summed E-state index contributed by atoms with van der Waals surface area (Å²) < 4.78 is 42.8. The van der Waals surface area contributed by atoms with Crippen LogP contribution in [-0.2, 0) is 37.3 Å². The van der Waals surface area contributed by atoms with Crippen LogP contribution in [0.25, 0.3) is 0 Å². The average Bonchev–Trinajstić information content (AvgIpc) is 3.19. The molecule has 1 aliphatic heterocycles. The van der Waals surface area contributed by atoms with Gasteiger partial charge in [0.25, 0.3) is 0 Å². The molecule has 0 aromatic heterocycles. The van der Waals surface area contributed by atoms with Crippen LogP contribution in [0.15, 0.2) is 132 Å². The molecule has 0 bridgehead atoms. The molecule has 1 heterocycles. The fourth-order valence-corrected chi connectivity index (χ4v) is 8.04. The minimum atomic E-state index is -4.04. The topological polar surface area (TPSA) is 158 Å². The Hall–Kier alpha value is -4.92. The molecule has 56 heavy (non-hydrogen) atoms. The minimum Gasteiger partial charge on any atom is -0.508 e. The Labute approximate surface area is 328 Å². The maximum atomic E-state index is 13.9. The number of aryl methyl sites for hydroxylation is 1. The van der Waals surface area contributed by atoms with Gasteiger partial charge < -0.3 is 35.0 Å². The van der Waals surface area contributed by atoms with Gasteiger partial charge in [0.05, 0.1) is 29.8 Å². The van der Waals surface area contributed by atoms with E-state index < -0.39 is 40.5 Å². The van der Waals surface area contributed by atoms with Crippen molar-refractivity contribution in [2.75, 3.05) is 25.5 Å². The number of amides is 1. The van der Waals surface area contributed by atoms with Crippen molar-refractivity contribution in [3.63, 3.8) is 0 Å². The number of aromatic hydroxyl groups is 1. The van der Waals surface area contributed by atoms with Gasteiger partial charge in [-0.05, 0) is 79.0 Å². The number of hydrogen-bond acceptors (Lipinski definition) is 9. The highest BCUT2D eigenvalue weighted by Crippen LogP contribution is 2.42. The van der Waals surface area contributed by atoms with E-state index in [9.17, 15) is 28.5 Å². The van der Waals surface area contributed by atoms with Crippen molar-refractivity contribution in [3.8, 4) is 5.75 Å². The van der Waals surface area contributed by atoms with Crippen LogP contribution >= 0.6 is 0 Å². The van der Waals surface area contributed by atoms with Crippen LogP contribution in [0, 0.1) is 12.8 Å². The van der Waals surface area contributed by atoms with Gasteiger partial charge in [0.2, 0.25) is 15.9 Å². The lowest BCUT2D eigenvalue weighted by molar-refractivity contribution is -0.276. The Balaban J connectivity index is 1.23. The Bertz CT molecular complexity index is 2170. The van der Waals surface area contributed by atoms with E-state index >= 15 is 0 Å². The number of sulfonamides is 1. The van der Waals surface area contributed by atoms with Crippen molar-refractivity contribution >= 4 is 21.6 Å². The SMILES string of the molecule is Cc1ccc(S(=O)(=O)N[C@H](Cc2ccccc2)C(=O)Nc2cccc([C@H]3O[C@@H](CN(C)C[C@@H](O)c4cccc(O)c4)[C@@H](C)[C@@H](c4ccc(CO)cc4)O3)c2)cc1. The number of benzene rings is 5. The predicted molar refractivity (Wildman–Crippen MR) is 214 cm³/mol. The molecule has 5 aromatic rings. The van der Waals surface area contributed by atoms with Crippen LogP contribution in [0.4, 0.5) is 5.69 Å². The summed E-state index contributed by atoms with van der Waals surface area (Å²) in [7, 11) is -2.14. The maximum Gasteiger partial charge on any atom is 0.242 e. The normalized spacial score (nSPS) is 19.7. The molecule has 6 rings (SSSR count). The molecule has 0 unspecified atom stereocenters. The molecular formula is C44H49N3O8S. The van der Waals surface area contributed by atoms with E-state index in [1.807, 2.05) is 86.5 Å². The summed E-state index contributed by atoms with van der Waals surface area (Å²) in [5.41, 5.74) is 5.05. The number of likely N-dealkylation sites (N-methyl/N-ethyl adjacent to an activating group) is 1. The summed E-state index contributed by atoms with van der Waals surface area (Å²) in [5.74, 6) is -0.584. The predicted octanol–water partition coefficient (Wildman–Crippen LogP) is 6.18. The second kappa shape index (κ2) is 18.4. The molecule has 0 spiro atoms. The Morgan fingerprint density at radius 2 is 1.55 bits per heavy atom. The van der Waals surface area contributed by atoms with Gasteiger partial charge in [0, 0.05) is 30.3 Å². The fraction of sp³-hybridized carbons (Fsp3) is 0.295. The number of nitrogens with one attached hydrogen (secondary N) is 2. The summed E-state index contributed by atoms with van der Waals surface area (Å²) in [4.78, 5) is 16.0. The van der Waals surface area contributed by atoms with E-state index in [4.69, 9.17) is 9.47 Å². The van der Waals surface area contributed by atoms with E-state index in [1.54, 1.807) is 54.6 Å². The van der Waals surface area contributed by atoms with Crippen molar-refractivity contribution < 1.29 is 38.0 Å². The molecule has 1 fully saturated rings. The number of rotatable bonds is 15. The van der Waals surface area contributed by atoms with Gasteiger partial charge in [0.15, 0.2) is 6.29 Å². The monoisotopic (exact) mass is 779 g/mol. The number of carbonyl (C=O) groups excluding carboxylic acids is 1. The molecular weight excluding hydrogens is 731 g/mol. The second-order valence-corrected chi connectivity index (χ2v) is 16.2. The second-order valence-electron chi connectivity index (χ2n) is 14.4. The van der Waals surface area contributed by atoms with Gasteiger partial charge in [0.1, 0.15) is 11.8 Å². The third-order valence-corrected chi connectivity index (χ3v) is 11.5. The van der Waals surface area contributed by atoms with Crippen molar-refractivity contribution in [2.45, 2.75) is 62.4 Å². The maximum absolute atomic E-state index is 13.9. The molecule has 5 N–H and O–H groups in total. The lowest BCUT2D eigenvalue weighted by Crippen LogP contribution is -2.45. The number of aliphatic hydroxyl groups is 2. The first-order valence-electron chi connectivity index (χ1n) is 18.6. The molecule has 12 heteroatoms. The molecule has 6 atom stereocenters. The first-order valence-corrected chi connectivity index (χ1v) is 20.1. The van der Waals surface area contributed by atoms with E-state index in [2.05, 4.69) is 10.0 Å². The lowest BCUT2D eigenvalue weighted by atomic mass is 9.90. The molecule has 1 amide bonds. The third kappa shape index (κ3) is 10.5. The van der Waals surface area contributed by atoms with E-state index in [0.717, 1.165) is 22.3 Å². The number of carbonyl (C=O) groups is 1. The van der Waals surface area contributed by atoms with Crippen LogP contribution < -0.4 is 10.0 Å². The van der Waals surface area contributed by atoms with E-state index in [-0.39, 0.29) is 42.2 Å². The number of phenolic OH excluding ortho intramolecular Hbond substituents is 1. The first kappa shape index (κ1) is 40.7. The summed E-state index contributed by atoms with van der Waals surface area (Å²) in [6, 6.07) is 35.8. The number of nitrogens with zero attached hydrogens (tertiary/aromatic N) is 1. The highest BCUT2D eigenvalue weighted by molar-refractivity contribution is 7.89. The third-order valence-electron chi connectivity index (χ3n) is 10.0. The fourth-order valence-electron chi connectivity index (χ4n) is 6.85. The molecule has 294 valence electrons. The number of anilines is 1.